The molecule has 0 fully saturated rings. The molecular formula is C24H16FN3O3S2. The third-order valence-electron chi connectivity index (χ3n) is 5.02. The Bertz CT molecular complexity index is 1600. The van der Waals surface area contributed by atoms with Crippen molar-refractivity contribution in [3.8, 4) is 0 Å². The van der Waals surface area contributed by atoms with Crippen LogP contribution in [0.15, 0.2) is 89.8 Å². The SMILES string of the molecule is O=C(Nc1nc2ccc3ccccc3c2s1)c1ccc(NS(=O)(=O)c2ccc(F)cc2)cc1. The van der Waals surface area contributed by atoms with Crippen molar-refractivity contribution in [2.75, 3.05) is 10.0 Å². The number of amides is 1. The molecule has 6 nitrogen and oxygen atoms in total. The van der Waals surface area contributed by atoms with E-state index >= 15 is 0 Å². The lowest BCUT2D eigenvalue weighted by molar-refractivity contribution is 0.102. The van der Waals surface area contributed by atoms with Crippen LogP contribution in [0.1, 0.15) is 10.4 Å². The predicted octanol–water partition coefficient (Wildman–Crippen LogP) is 5.64. The summed E-state index contributed by atoms with van der Waals surface area (Å²) in [6.07, 6.45) is 0. The fourth-order valence-electron chi connectivity index (χ4n) is 3.40. The molecule has 33 heavy (non-hydrogen) atoms. The topological polar surface area (TPSA) is 88.2 Å². The smallest absolute Gasteiger partial charge is 0.261 e. The molecule has 5 aromatic rings. The quantitative estimate of drug-likeness (QED) is 0.343. The molecule has 0 aliphatic rings. The first kappa shape index (κ1) is 21.0. The van der Waals surface area contributed by atoms with Gasteiger partial charge in [-0.25, -0.2) is 17.8 Å². The normalized spacial score (nSPS) is 11.5. The average molecular weight is 478 g/mol. The molecule has 5 rings (SSSR count). The molecule has 0 unspecified atom stereocenters. The van der Waals surface area contributed by atoms with Gasteiger partial charge in [-0.3, -0.25) is 14.8 Å². The highest BCUT2D eigenvalue weighted by atomic mass is 32.2. The first-order valence-corrected chi connectivity index (χ1v) is 12.2. The summed E-state index contributed by atoms with van der Waals surface area (Å²) < 4.78 is 41.3. The van der Waals surface area contributed by atoms with Crippen LogP contribution >= 0.6 is 11.3 Å². The van der Waals surface area contributed by atoms with E-state index < -0.39 is 15.8 Å². The summed E-state index contributed by atoms with van der Waals surface area (Å²) in [7, 11) is -3.87. The number of halogens is 1. The average Bonchev–Trinajstić information content (AvgIpc) is 3.22. The molecule has 9 heteroatoms. The van der Waals surface area contributed by atoms with Crippen LogP contribution in [0.2, 0.25) is 0 Å². The summed E-state index contributed by atoms with van der Waals surface area (Å²) in [6, 6.07) is 22.4. The lowest BCUT2D eigenvalue weighted by atomic mass is 10.1. The number of nitrogens with zero attached hydrogens (tertiary/aromatic N) is 1. The molecule has 0 spiro atoms. The molecular weight excluding hydrogens is 461 g/mol. The Hall–Kier alpha value is -3.82. The van der Waals surface area contributed by atoms with Crippen LogP contribution in [-0.2, 0) is 10.0 Å². The molecule has 164 valence electrons. The fraction of sp³-hybridized carbons (Fsp3) is 0. The van der Waals surface area contributed by atoms with Crippen molar-refractivity contribution in [3.05, 3.63) is 96.3 Å². The molecule has 0 atom stereocenters. The van der Waals surface area contributed by atoms with Crippen molar-refractivity contribution in [2.45, 2.75) is 4.90 Å². The Kier molecular flexibility index (Phi) is 5.27. The van der Waals surface area contributed by atoms with Crippen LogP contribution in [0.5, 0.6) is 0 Å². The molecule has 0 aliphatic carbocycles. The molecule has 2 N–H and O–H groups in total. The Morgan fingerprint density at radius 3 is 2.36 bits per heavy atom. The zero-order chi connectivity index (χ0) is 23.0. The van der Waals surface area contributed by atoms with E-state index in [-0.39, 0.29) is 16.5 Å². The molecule has 4 aromatic carbocycles. The Balaban J connectivity index is 1.32. The first-order valence-electron chi connectivity index (χ1n) is 9.87. The van der Waals surface area contributed by atoms with Crippen molar-refractivity contribution < 1.29 is 17.6 Å². The number of nitrogens with one attached hydrogen (secondary N) is 2. The van der Waals surface area contributed by atoms with Crippen molar-refractivity contribution in [1.29, 1.82) is 0 Å². The maximum atomic E-state index is 13.1. The molecule has 0 aliphatic heterocycles. The Labute approximate surface area is 192 Å². The number of aromatic nitrogens is 1. The minimum absolute atomic E-state index is 0.0610. The number of rotatable bonds is 5. The van der Waals surface area contributed by atoms with Gasteiger partial charge in [0.25, 0.3) is 15.9 Å². The predicted molar refractivity (Wildman–Crippen MR) is 129 cm³/mol. The van der Waals surface area contributed by atoms with Crippen molar-refractivity contribution >= 4 is 59.1 Å². The number of benzene rings is 4. The van der Waals surface area contributed by atoms with Crippen molar-refractivity contribution in [3.63, 3.8) is 0 Å². The van der Waals surface area contributed by atoms with Crippen LogP contribution in [0.4, 0.5) is 15.2 Å². The number of hydrogen-bond acceptors (Lipinski definition) is 5. The molecule has 0 bridgehead atoms. The molecule has 1 amide bonds. The standard InChI is InChI=1S/C24H16FN3O3S2/c25-17-8-12-19(13-9-17)33(30,31)28-18-10-5-16(6-11-18)23(29)27-24-26-21-14-7-15-3-1-2-4-20(15)22(21)32-24/h1-14,28H,(H,26,27,29). The van der Waals surface area contributed by atoms with E-state index in [1.807, 2.05) is 36.4 Å². The molecule has 0 radical (unpaired) electrons. The maximum Gasteiger partial charge on any atom is 0.261 e. The van der Waals surface area contributed by atoms with Crippen molar-refractivity contribution in [1.82, 2.24) is 4.98 Å². The molecule has 1 aromatic heterocycles. The number of fused-ring (bicyclic) bond motifs is 3. The maximum absolute atomic E-state index is 13.1. The van der Waals surface area contributed by atoms with Crippen molar-refractivity contribution in [2.24, 2.45) is 0 Å². The van der Waals surface area contributed by atoms with E-state index in [9.17, 15) is 17.6 Å². The van der Waals surface area contributed by atoms with Gasteiger partial charge in [0.2, 0.25) is 0 Å². The number of carbonyl (C=O) groups excluding carboxylic acids is 1. The first-order chi connectivity index (χ1) is 15.9. The van der Waals surface area contributed by atoms with E-state index in [0.29, 0.717) is 10.7 Å². The second-order valence-electron chi connectivity index (χ2n) is 7.24. The van der Waals surface area contributed by atoms with Crippen LogP contribution in [-0.4, -0.2) is 19.3 Å². The van der Waals surface area contributed by atoms with Gasteiger partial charge in [-0.1, -0.05) is 41.7 Å². The number of thiazole rings is 1. The highest BCUT2D eigenvalue weighted by molar-refractivity contribution is 7.92. The zero-order valence-electron chi connectivity index (χ0n) is 16.9. The lowest BCUT2D eigenvalue weighted by Gasteiger charge is -2.09. The highest BCUT2D eigenvalue weighted by Crippen LogP contribution is 2.32. The summed E-state index contributed by atoms with van der Waals surface area (Å²) in [5, 5.41) is 5.46. The van der Waals surface area contributed by atoms with E-state index in [4.69, 9.17) is 0 Å². The van der Waals surface area contributed by atoms with E-state index in [1.54, 1.807) is 0 Å². The summed E-state index contributed by atoms with van der Waals surface area (Å²) in [5.41, 5.74) is 1.44. The van der Waals surface area contributed by atoms with Crippen LogP contribution < -0.4 is 10.0 Å². The van der Waals surface area contributed by atoms with E-state index in [0.717, 1.165) is 33.1 Å². The van der Waals surface area contributed by atoms with Gasteiger partial charge in [0.15, 0.2) is 5.13 Å². The molecule has 1 heterocycles. The number of sulfonamides is 1. The van der Waals surface area contributed by atoms with Gasteiger partial charge >= 0.3 is 0 Å². The minimum Gasteiger partial charge on any atom is -0.298 e. The van der Waals surface area contributed by atoms with Gasteiger partial charge in [-0.2, -0.15) is 0 Å². The Morgan fingerprint density at radius 2 is 1.61 bits per heavy atom. The largest absolute Gasteiger partial charge is 0.298 e. The zero-order valence-corrected chi connectivity index (χ0v) is 18.6. The van der Waals surface area contributed by atoms with Gasteiger partial charge in [-0.15, -0.1) is 0 Å². The summed E-state index contributed by atoms with van der Waals surface area (Å²) >= 11 is 1.40. The van der Waals surface area contributed by atoms with Gasteiger partial charge in [-0.05, 0) is 60.0 Å². The van der Waals surface area contributed by atoms with Crippen LogP contribution in [0.25, 0.3) is 21.0 Å². The summed E-state index contributed by atoms with van der Waals surface area (Å²) in [4.78, 5) is 17.1. The van der Waals surface area contributed by atoms with Crippen LogP contribution in [0, 0.1) is 5.82 Å². The van der Waals surface area contributed by atoms with E-state index in [2.05, 4.69) is 15.0 Å². The molecule has 0 saturated carbocycles. The fourth-order valence-corrected chi connectivity index (χ4v) is 5.45. The lowest BCUT2D eigenvalue weighted by Crippen LogP contribution is -2.14. The summed E-state index contributed by atoms with van der Waals surface area (Å²) in [6.45, 7) is 0. The van der Waals surface area contributed by atoms with Gasteiger partial charge < -0.3 is 0 Å². The van der Waals surface area contributed by atoms with Gasteiger partial charge in [0.05, 0.1) is 15.1 Å². The van der Waals surface area contributed by atoms with Gasteiger partial charge in [0.1, 0.15) is 5.82 Å². The number of carbonyl (C=O) groups is 1. The highest BCUT2D eigenvalue weighted by Gasteiger charge is 2.15. The van der Waals surface area contributed by atoms with Gasteiger partial charge in [0, 0.05) is 16.6 Å². The second kappa shape index (κ2) is 8.27. The monoisotopic (exact) mass is 477 g/mol. The molecule has 0 saturated heterocycles. The number of hydrogen-bond donors (Lipinski definition) is 2. The summed E-state index contributed by atoms with van der Waals surface area (Å²) in [5.74, 6) is -0.878. The second-order valence-corrected chi connectivity index (χ2v) is 9.93. The van der Waals surface area contributed by atoms with E-state index in [1.165, 1.54) is 47.7 Å². The third kappa shape index (κ3) is 4.28. The number of anilines is 2. The third-order valence-corrected chi connectivity index (χ3v) is 7.44. The minimum atomic E-state index is -3.87. The Morgan fingerprint density at radius 1 is 0.879 bits per heavy atom. The van der Waals surface area contributed by atoms with Crippen LogP contribution in [0.3, 0.4) is 0 Å².